The summed E-state index contributed by atoms with van der Waals surface area (Å²) in [4.78, 5) is 30.1. The Kier molecular flexibility index (Phi) is 7.98. The number of hydrogen-bond acceptors (Lipinski definition) is 6. The molecule has 2 heterocycles. The maximum Gasteiger partial charge on any atom is 0.295 e. The van der Waals surface area contributed by atoms with Crippen molar-refractivity contribution in [2.45, 2.75) is 25.8 Å². The number of carbonyl (C=O) groups excluding carboxylic acids is 2. The predicted molar refractivity (Wildman–Crippen MR) is 130 cm³/mol. The van der Waals surface area contributed by atoms with Gasteiger partial charge in [0.05, 0.1) is 31.4 Å². The van der Waals surface area contributed by atoms with E-state index in [1.54, 1.807) is 29.2 Å². The summed E-state index contributed by atoms with van der Waals surface area (Å²) < 4.78 is 11.1. The van der Waals surface area contributed by atoms with Crippen molar-refractivity contribution in [2.24, 2.45) is 0 Å². The van der Waals surface area contributed by atoms with Crippen LogP contribution in [-0.2, 0) is 14.3 Å². The summed E-state index contributed by atoms with van der Waals surface area (Å²) in [5, 5.41) is 11.1. The van der Waals surface area contributed by atoms with Gasteiger partial charge in [0.25, 0.3) is 11.7 Å². The molecule has 0 aromatic heterocycles. The Morgan fingerprint density at radius 3 is 2.41 bits per heavy atom. The van der Waals surface area contributed by atoms with Gasteiger partial charge in [-0.15, -0.1) is 0 Å². The molecule has 1 amide bonds. The van der Waals surface area contributed by atoms with Crippen molar-refractivity contribution in [1.82, 2.24) is 9.80 Å². The van der Waals surface area contributed by atoms with Gasteiger partial charge in [-0.2, -0.15) is 0 Å². The lowest BCUT2D eigenvalue weighted by molar-refractivity contribution is -0.140. The number of likely N-dealkylation sites (tertiary alicyclic amines) is 1. The second-order valence-electron chi connectivity index (χ2n) is 8.58. The van der Waals surface area contributed by atoms with E-state index in [1.807, 2.05) is 37.3 Å². The molecule has 2 aliphatic heterocycles. The number of aliphatic hydroxyl groups excluding tert-OH is 1. The zero-order valence-electron chi connectivity index (χ0n) is 19.6. The summed E-state index contributed by atoms with van der Waals surface area (Å²) in [6.07, 6.45) is 1.63. The van der Waals surface area contributed by atoms with Crippen LogP contribution in [0.4, 0.5) is 0 Å². The van der Waals surface area contributed by atoms with Crippen LogP contribution in [0.1, 0.15) is 36.9 Å². The lowest BCUT2D eigenvalue weighted by atomic mass is 9.95. The molecule has 2 aromatic rings. The third-order valence-electron chi connectivity index (χ3n) is 6.23. The van der Waals surface area contributed by atoms with Gasteiger partial charge in [-0.25, -0.2) is 0 Å². The molecule has 2 aliphatic rings. The van der Waals surface area contributed by atoms with E-state index in [-0.39, 0.29) is 11.3 Å². The van der Waals surface area contributed by atoms with E-state index in [0.717, 1.165) is 43.8 Å². The zero-order chi connectivity index (χ0) is 23.9. The Bertz CT molecular complexity index is 1010. The van der Waals surface area contributed by atoms with Crippen LogP contribution in [0.5, 0.6) is 5.75 Å². The summed E-state index contributed by atoms with van der Waals surface area (Å²) in [6, 6.07) is 15.7. The van der Waals surface area contributed by atoms with Gasteiger partial charge in [-0.3, -0.25) is 14.5 Å². The van der Waals surface area contributed by atoms with E-state index in [1.165, 1.54) is 0 Å². The molecule has 0 aliphatic carbocycles. The molecule has 0 saturated carbocycles. The second kappa shape index (κ2) is 11.3. The number of hydrogen-bond donors (Lipinski definition) is 1. The Hall–Kier alpha value is -3.16. The highest BCUT2D eigenvalue weighted by atomic mass is 16.5. The van der Waals surface area contributed by atoms with Crippen LogP contribution in [0.25, 0.3) is 5.76 Å². The first-order chi connectivity index (χ1) is 16.6. The van der Waals surface area contributed by atoms with Crippen LogP contribution in [-0.4, -0.2) is 72.6 Å². The summed E-state index contributed by atoms with van der Waals surface area (Å²) in [5.41, 5.74) is 1.42. The molecular formula is C27H32N2O5. The van der Waals surface area contributed by atoms with Gasteiger partial charge >= 0.3 is 0 Å². The largest absolute Gasteiger partial charge is 0.507 e. The Balaban J connectivity index is 1.63. The number of benzene rings is 2. The topological polar surface area (TPSA) is 79.3 Å². The summed E-state index contributed by atoms with van der Waals surface area (Å²) in [6.45, 7) is 7.08. The van der Waals surface area contributed by atoms with Gasteiger partial charge in [-0.05, 0) is 30.5 Å². The number of ketones is 1. The first kappa shape index (κ1) is 24.0. The summed E-state index contributed by atoms with van der Waals surface area (Å²) in [5.74, 6) is -0.635. The predicted octanol–water partition coefficient (Wildman–Crippen LogP) is 3.62. The minimum Gasteiger partial charge on any atom is -0.507 e. The molecule has 2 saturated heterocycles. The van der Waals surface area contributed by atoms with Crippen LogP contribution >= 0.6 is 0 Å². The van der Waals surface area contributed by atoms with E-state index in [0.29, 0.717) is 31.9 Å². The molecule has 0 radical (unpaired) electrons. The number of carbonyl (C=O) groups is 2. The maximum absolute atomic E-state index is 13.1. The molecule has 0 unspecified atom stereocenters. The van der Waals surface area contributed by atoms with Crippen molar-refractivity contribution in [3.8, 4) is 5.75 Å². The first-order valence-electron chi connectivity index (χ1n) is 12.0. The Morgan fingerprint density at radius 2 is 1.74 bits per heavy atom. The molecule has 7 heteroatoms. The number of rotatable bonds is 9. The van der Waals surface area contributed by atoms with Crippen LogP contribution < -0.4 is 4.74 Å². The van der Waals surface area contributed by atoms with Gasteiger partial charge < -0.3 is 19.5 Å². The SMILES string of the molecule is CCCOc1ccc([C@@H]2/C(=C(\O)c3ccccc3)C(=O)C(=O)N2CCCN2CCOCC2)cc1. The van der Waals surface area contributed by atoms with Crippen LogP contribution in [0.2, 0.25) is 0 Å². The normalized spacial score (nSPS) is 20.6. The van der Waals surface area contributed by atoms with Crippen molar-refractivity contribution in [1.29, 1.82) is 0 Å². The average molecular weight is 465 g/mol. The fourth-order valence-corrected chi connectivity index (χ4v) is 4.46. The zero-order valence-corrected chi connectivity index (χ0v) is 19.6. The van der Waals surface area contributed by atoms with Gasteiger partial charge in [0.2, 0.25) is 0 Å². The molecule has 1 atom stereocenters. The summed E-state index contributed by atoms with van der Waals surface area (Å²) in [7, 11) is 0. The molecule has 7 nitrogen and oxygen atoms in total. The number of Topliss-reactive ketones (excluding diaryl/α,β-unsaturated/α-hetero) is 1. The van der Waals surface area contributed by atoms with Gasteiger partial charge in [0.1, 0.15) is 11.5 Å². The quantitative estimate of drug-likeness (QED) is 0.347. The van der Waals surface area contributed by atoms with Crippen molar-refractivity contribution in [2.75, 3.05) is 46.0 Å². The van der Waals surface area contributed by atoms with Crippen LogP contribution in [0.3, 0.4) is 0 Å². The third kappa shape index (κ3) is 5.32. The van der Waals surface area contributed by atoms with Gasteiger partial charge in [-0.1, -0.05) is 49.4 Å². The highest BCUT2D eigenvalue weighted by Crippen LogP contribution is 2.39. The standard InChI is InChI=1S/C27H32N2O5/c1-2-17-34-22-11-9-20(10-12-22)24-23(25(30)21-7-4-3-5-8-21)26(31)27(32)29(24)14-6-13-28-15-18-33-19-16-28/h3-5,7-12,24,30H,2,6,13-19H2,1H3/b25-23+/t24-/m1/s1. The number of amides is 1. The monoisotopic (exact) mass is 464 g/mol. The minimum absolute atomic E-state index is 0.129. The average Bonchev–Trinajstić information content (AvgIpc) is 3.13. The van der Waals surface area contributed by atoms with E-state index < -0.39 is 17.7 Å². The molecule has 2 aromatic carbocycles. The Morgan fingerprint density at radius 1 is 1.03 bits per heavy atom. The lowest BCUT2D eigenvalue weighted by Gasteiger charge is -2.29. The summed E-state index contributed by atoms with van der Waals surface area (Å²) >= 11 is 0. The molecular weight excluding hydrogens is 432 g/mol. The van der Waals surface area contributed by atoms with Crippen LogP contribution in [0.15, 0.2) is 60.2 Å². The van der Waals surface area contributed by atoms with Crippen molar-refractivity contribution >= 4 is 17.4 Å². The molecule has 4 rings (SSSR count). The number of nitrogens with zero attached hydrogens (tertiary/aromatic N) is 2. The first-order valence-corrected chi connectivity index (χ1v) is 12.0. The lowest BCUT2D eigenvalue weighted by Crippen LogP contribution is -2.38. The number of ether oxygens (including phenoxy) is 2. The van der Waals surface area contributed by atoms with E-state index in [9.17, 15) is 14.7 Å². The Labute approximate surface area is 200 Å². The molecule has 0 bridgehead atoms. The molecule has 2 fully saturated rings. The van der Waals surface area contributed by atoms with Crippen molar-refractivity contribution < 1.29 is 24.2 Å². The van der Waals surface area contributed by atoms with Gasteiger partial charge in [0.15, 0.2) is 0 Å². The van der Waals surface area contributed by atoms with E-state index >= 15 is 0 Å². The fraction of sp³-hybridized carbons (Fsp3) is 0.407. The number of aliphatic hydroxyl groups is 1. The highest BCUT2D eigenvalue weighted by Gasteiger charge is 2.45. The van der Waals surface area contributed by atoms with Gasteiger partial charge in [0, 0.05) is 31.7 Å². The second-order valence-corrected chi connectivity index (χ2v) is 8.58. The molecule has 0 spiro atoms. The fourth-order valence-electron chi connectivity index (χ4n) is 4.46. The van der Waals surface area contributed by atoms with Crippen molar-refractivity contribution in [3.05, 3.63) is 71.3 Å². The third-order valence-corrected chi connectivity index (χ3v) is 6.23. The van der Waals surface area contributed by atoms with E-state index in [2.05, 4.69) is 4.90 Å². The number of morpholine rings is 1. The van der Waals surface area contributed by atoms with Crippen LogP contribution in [0, 0.1) is 0 Å². The molecule has 180 valence electrons. The van der Waals surface area contributed by atoms with Crippen molar-refractivity contribution in [3.63, 3.8) is 0 Å². The smallest absolute Gasteiger partial charge is 0.295 e. The highest BCUT2D eigenvalue weighted by molar-refractivity contribution is 6.46. The minimum atomic E-state index is -0.649. The maximum atomic E-state index is 13.1. The molecule has 34 heavy (non-hydrogen) atoms. The van der Waals surface area contributed by atoms with E-state index in [4.69, 9.17) is 9.47 Å². The molecule has 1 N–H and O–H groups in total.